The summed E-state index contributed by atoms with van der Waals surface area (Å²) in [5.74, 6) is 0.345. The molecule has 3 N–H and O–H groups in total. The van der Waals surface area contributed by atoms with Crippen molar-refractivity contribution >= 4 is 46.5 Å². The number of nitrogens with two attached hydrogens (primary N) is 1. The second-order valence-corrected chi connectivity index (χ2v) is 8.85. The molecule has 158 valence electrons. The number of nitrogens with zero attached hydrogens (tertiary/aromatic N) is 3. The van der Waals surface area contributed by atoms with Gasteiger partial charge < -0.3 is 15.6 Å². The van der Waals surface area contributed by atoms with Crippen molar-refractivity contribution in [3.8, 4) is 10.7 Å². The predicted octanol–water partition coefficient (Wildman–Crippen LogP) is 3.90. The van der Waals surface area contributed by atoms with Crippen LogP contribution in [0.25, 0.3) is 10.7 Å². The van der Waals surface area contributed by atoms with Crippen molar-refractivity contribution in [3.05, 3.63) is 52.4 Å². The Labute approximate surface area is 188 Å². The average molecular weight is 464 g/mol. The second kappa shape index (κ2) is 10.6. The highest BCUT2D eigenvalue weighted by molar-refractivity contribution is 7.99. The van der Waals surface area contributed by atoms with Gasteiger partial charge in [-0.3, -0.25) is 9.59 Å². The Morgan fingerprint density at radius 3 is 2.67 bits per heavy atom. The van der Waals surface area contributed by atoms with Crippen LogP contribution in [-0.4, -0.2) is 32.3 Å². The molecule has 0 radical (unpaired) electrons. The summed E-state index contributed by atoms with van der Waals surface area (Å²) >= 11 is 8.77. The summed E-state index contributed by atoms with van der Waals surface area (Å²) in [5.41, 5.74) is 6.32. The van der Waals surface area contributed by atoms with Crippen molar-refractivity contribution in [3.63, 3.8) is 0 Å². The Hall–Kier alpha value is -2.36. The number of primary amides is 1. The highest BCUT2D eigenvalue weighted by Crippen LogP contribution is 2.27. The van der Waals surface area contributed by atoms with E-state index in [1.54, 1.807) is 0 Å². The minimum absolute atomic E-state index is 0.0928. The fraction of sp³-hybridized carbons (Fsp3) is 0.300. The average Bonchev–Trinajstić information content (AvgIpc) is 3.39. The number of aromatic nitrogens is 3. The van der Waals surface area contributed by atoms with Gasteiger partial charge in [0.25, 0.3) is 0 Å². The van der Waals surface area contributed by atoms with Crippen molar-refractivity contribution in [2.75, 3.05) is 5.75 Å². The first kappa shape index (κ1) is 22.3. The maximum atomic E-state index is 12.6. The Morgan fingerprint density at radius 2 is 2.03 bits per heavy atom. The molecule has 0 aliphatic rings. The molecule has 1 atom stereocenters. The molecule has 10 heteroatoms. The largest absolute Gasteiger partial charge is 0.370 e. The van der Waals surface area contributed by atoms with Gasteiger partial charge in [0.1, 0.15) is 0 Å². The van der Waals surface area contributed by atoms with E-state index in [9.17, 15) is 9.59 Å². The van der Waals surface area contributed by atoms with Gasteiger partial charge in [-0.2, -0.15) is 0 Å². The minimum Gasteiger partial charge on any atom is -0.370 e. The molecule has 0 aliphatic heterocycles. The minimum atomic E-state index is -0.400. The molecule has 0 saturated heterocycles. The molecule has 3 rings (SSSR count). The van der Waals surface area contributed by atoms with Gasteiger partial charge in [-0.15, -0.1) is 21.5 Å². The monoisotopic (exact) mass is 463 g/mol. The standard InChI is InChI=1S/C20H22ClN5O2S2/c1-2-15(13-5-7-14(21)8-6-13)23-18(28)12-30-20-25-24-19(16-4-3-11-29-16)26(20)10-9-17(22)27/h3-8,11,15H,2,9-10,12H2,1H3,(H2,22,27)(H,23,28). The molecule has 0 spiro atoms. The summed E-state index contributed by atoms with van der Waals surface area (Å²) in [4.78, 5) is 24.8. The third-order valence-corrected chi connectivity index (χ3v) is 6.47. The second-order valence-electron chi connectivity index (χ2n) is 6.52. The number of benzene rings is 1. The summed E-state index contributed by atoms with van der Waals surface area (Å²) in [6, 6.07) is 11.2. The van der Waals surface area contributed by atoms with E-state index in [2.05, 4.69) is 15.5 Å². The zero-order valence-corrected chi connectivity index (χ0v) is 18.8. The summed E-state index contributed by atoms with van der Waals surface area (Å²) in [7, 11) is 0. The quantitative estimate of drug-likeness (QED) is 0.444. The number of carbonyl (C=O) groups is 2. The lowest BCUT2D eigenvalue weighted by molar-refractivity contribution is -0.119. The van der Waals surface area contributed by atoms with E-state index in [4.69, 9.17) is 17.3 Å². The van der Waals surface area contributed by atoms with E-state index < -0.39 is 5.91 Å². The molecule has 3 aromatic rings. The summed E-state index contributed by atoms with van der Waals surface area (Å²) in [5, 5.41) is 14.7. The van der Waals surface area contributed by atoms with E-state index in [1.807, 2.05) is 53.3 Å². The van der Waals surface area contributed by atoms with Crippen molar-refractivity contribution in [2.24, 2.45) is 5.73 Å². The molecule has 1 unspecified atom stereocenters. The van der Waals surface area contributed by atoms with Crippen molar-refractivity contribution in [2.45, 2.75) is 37.5 Å². The lowest BCUT2D eigenvalue weighted by Gasteiger charge is -2.17. The summed E-state index contributed by atoms with van der Waals surface area (Å²) in [6.45, 7) is 2.38. The van der Waals surface area contributed by atoms with Crippen LogP contribution in [0.2, 0.25) is 5.02 Å². The fourth-order valence-electron chi connectivity index (χ4n) is 2.89. The Bertz CT molecular complexity index is 989. The van der Waals surface area contributed by atoms with Crippen molar-refractivity contribution < 1.29 is 9.59 Å². The molecule has 0 fully saturated rings. The van der Waals surface area contributed by atoms with Crippen LogP contribution < -0.4 is 11.1 Å². The first-order valence-electron chi connectivity index (χ1n) is 9.41. The van der Waals surface area contributed by atoms with Crippen LogP contribution in [-0.2, 0) is 16.1 Å². The van der Waals surface area contributed by atoms with Crippen LogP contribution in [0.3, 0.4) is 0 Å². The third kappa shape index (κ3) is 5.84. The molecular weight excluding hydrogens is 442 g/mol. The van der Waals surface area contributed by atoms with Gasteiger partial charge >= 0.3 is 0 Å². The molecule has 2 heterocycles. The van der Waals surface area contributed by atoms with Crippen LogP contribution in [0.4, 0.5) is 0 Å². The fourth-order valence-corrected chi connectivity index (χ4v) is 4.51. The normalized spacial score (nSPS) is 11.9. The molecule has 0 aliphatic carbocycles. The number of nitrogens with one attached hydrogen (secondary N) is 1. The molecule has 0 bridgehead atoms. The number of thioether (sulfide) groups is 1. The van der Waals surface area contributed by atoms with E-state index in [0.29, 0.717) is 22.5 Å². The van der Waals surface area contributed by atoms with Gasteiger partial charge in [0.15, 0.2) is 11.0 Å². The van der Waals surface area contributed by atoms with Gasteiger partial charge in [0, 0.05) is 18.0 Å². The molecule has 7 nitrogen and oxygen atoms in total. The van der Waals surface area contributed by atoms with E-state index in [0.717, 1.165) is 16.9 Å². The molecular formula is C20H22ClN5O2S2. The predicted molar refractivity (Wildman–Crippen MR) is 120 cm³/mol. The van der Waals surface area contributed by atoms with Crippen LogP contribution >= 0.6 is 34.7 Å². The Kier molecular flexibility index (Phi) is 7.89. The number of carbonyl (C=O) groups excluding carboxylic acids is 2. The van der Waals surface area contributed by atoms with Crippen molar-refractivity contribution in [1.29, 1.82) is 0 Å². The van der Waals surface area contributed by atoms with Crippen LogP contribution in [0, 0.1) is 0 Å². The molecule has 2 aromatic heterocycles. The first-order valence-corrected chi connectivity index (χ1v) is 11.6. The number of halogens is 1. The van der Waals surface area contributed by atoms with Gasteiger partial charge in [-0.25, -0.2) is 0 Å². The maximum absolute atomic E-state index is 12.6. The highest BCUT2D eigenvalue weighted by atomic mass is 35.5. The maximum Gasteiger partial charge on any atom is 0.230 e. The molecule has 30 heavy (non-hydrogen) atoms. The van der Waals surface area contributed by atoms with E-state index in [-0.39, 0.29) is 24.1 Å². The first-order chi connectivity index (χ1) is 14.5. The number of rotatable bonds is 10. The zero-order valence-electron chi connectivity index (χ0n) is 16.4. The summed E-state index contributed by atoms with van der Waals surface area (Å²) < 4.78 is 1.84. The number of thiophene rings is 1. The summed E-state index contributed by atoms with van der Waals surface area (Å²) in [6.07, 6.45) is 0.931. The van der Waals surface area contributed by atoms with Crippen LogP contribution in [0.15, 0.2) is 46.9 Å². The highest BCUT2D eigenvalue weighted by Gasteiger charge is 2.18. The van der Waals surface area contributed by atoms with Crippen LogP contribution in [0.5, 0.6) is 0 Å². The topological polar surface area (TPSA) is 103 Å². The van der Waals surface area contributed by atoms with Crippen LogP contribution in [0.1, 0.15) is 31.4 Å². The number of hydrogen-bond acceptors (Lipinski definition) is 6. The molecule has 2 amide bonds. The smallest absolute Gasteiger partial charge is 0.230 e. The Morgan fingerprint density at radius 1 is 1.27 bits per heavy atom. The zero-order chi connectivity index (χ0) is 21.5. The van der Waals surface area contributed by atoms with E-state index >= 15 is 0 Å². The number of amides is 2. The van der Waals surface area contributed by atoms with E-state index in [1.165, 1.54) is 23.1 Å². The molecule has 0 saturated carbocycles. The lowest BCUT2D eigenvalue weighted by atomic mass is 10.0. The SMILES string of the molecule is CCC(NC(=O)CSc1nnc(-c2cccs2)n1CCC(N)=O)c1ccc(Cl)cc1. The van der Waals surface area contributed by atoms with Gasteiger partial charge in [-0.05, 0) is 35.6 Å². The molecule has 1 aromatic carbocycles. The Balaban J connectivity index is 1.67. The van der Waals surface area contributed by atoms with Crippen molar-refractivity contribution in [1.82, 2.24) is 20.1 Å². The van der Waals surface area contributed by atoms with Gasteiger partial charge in [0.05, 0.1) is 16.7 Å². The lowest BCUT2D eigenvalue weighted by Crippen LogP contribution is -2.29. The number of hydrogen-bond donors (Lipinski definition) is 2. The van der Waals surface area contributed by atoms with Gasteiger partial charge in [0.2, 0.25) is 11.8 Å². The third-order valence-electron chi connectivity index (χ3n) is 4.39. The van der Waals surface area contributed by atoms with Gasteiger partial charge in [-0.1, -0.05) is 48.5 Å².